The highest BCUT2D eigenvalue weighted by atomic mass is 35.5. The maximum atomic E-state index is 13.1. The molecule has 1 aromatic heterocycles. The second-order valence-corrected chi connectivity index (χ2v) is 9.68. The molecule has 3 atom stereocenters. The van der Waals surface area contributed by atoms with E-state index in [4.69, 9.17) is 28.9 Å². The van der Waals surface area contributed by atoms with Crippen LogP contribution in [0.25, 0.3) is 11.0 Å². The Kier molecular flexibility index (Phi) is 8.71. The first-order chi connectivity index (χ1) is 17.8. The van der Waals surface area contributed by atoms with E-state index in [2.05, 4.69) is 15.3 Å². The Morgan fingerprint density at radius 3 is 2.30 bits per heavy atom. The molecule has 2 amide bonds. The van der Waals surface area contributed by atoms with E-state index in [1.165, 1.54) is 6.20 Å². The minimum absolute atomic E-state index is 0.0385. The molecule has 3 aromatic carbocycles. The molecule has 0 saturated heterocycles. The van der Waals surface area contributed by atoms with Crippen molar-refractivity contribution in [2.24, 2.45) is 11.7 Å². The number of halogens is 2. The first-order valence-corrected chi connectivity index (χ1v) is 12.5. The first kappa shape index (κ1) is 26.5. The van der Waals surface area contributed by atoms with Gasteiger partial charge in [-0.3, -0.25) is 14.6 Å². The molecule has 0 unspecified atom stereocenters. The molecule has 0 radical (unpaired) electrons. The third-order valence-electron chi connectivity index (χ3n) is 6.16. The van der Waals surface area contributed by atoms with Gasteiger partial charge in [-0.05, 0) is 54.7 Å². The molecule has 0 spiro atoms. The zero-order valence-electron chi connectivity index (χ0n) is 19.9. The minimum atomic E-state index is -1.07. The summed E-state index contributed by atoms with van der Waals surface area (Å²) < 4.78 is 0. The number of hydrogen-bond acceptors (Lipinski definition) is 5. The van der Waals surface area contributed by atoms with E-state index >= 15 is 0 Å². The maximum absolute atomic E-state index is 13.1. The molecule has 0 saturated carbocycles. The van der Waals surface area contributed by atoms with Gasteiger partial charge in [0, 0.05) is 5.92 Å². The van der Waals surface area contributed by atoms with Gasteiger partial charge in [0.2, 0.25) is 5.91 Å². The molecular formula is C28H26Cl2N4O3. The van der Waals surface area contributed by atoms with Crippen molar-refractivity contribution in [2.75, 3.05) is 0 Å². The summed E-state index contributed by atoms with van der Waals surface area (Å²) in [4.78, 5) is 34.1. The number of nitrogens with two attached hydrogens (primary N) is 1. The molecule has 4 N–H and O–H groups in total. The number of benzene rings is 3. The van der Waals surface area contributed by atoms with Crippen LogP contribution in [0, 0.1) is 5.92 Å². The summed E-state index contributed by atoms with van der Waals surface area (Å²) >= 11 is 12.1. The highest BCUT2D eigenvalue weighted by molar-refractivity contribution is 6.42. The molecule has 4 aromatic rings. The number of para-hydroxylation sites is 2. The van der Waals surface area contributed by atoms with Gasteiger partial charge in [0.05, 0.1) is 39.4 Å². The Morgan fingerprint density at radius 2 is 1.59 bits per heavy atom. The Hall–Kier alpha value is -3.52. The van der Waals surface area contributed by atoms with Gasteiger partial charge in [-0.2, -0.15) is 0 Å². The van der Waals surface area contributed by atoms with Crippen molar-refractivity contribution in [1.82, 2.24) is 15.3 Å². The zero-order valence-corrected chi connectivity index (χ0v) is 21.4. The monoisotopic (exact) mass is 536 g/mol. The predicted molar refractivity (Wildman–Crippen MR) is 144 cm³/mol. The van der Waals surface area contributed by atoms with Crippen molar-refractivity contribution < 1.29 is 14.7 Å². The lowest BCUT2D eigenvalue weighted by molar-refractivity contribution is -0.122. The molecule has 0 aliphatic heterocycles. The third-order valence-corrected chi connectivity index (χ3v) is 6.89. The van der Waals surface area contributed by atoms with Crippen LogP contribution in [0.1, 0.15) is 28.0 Å². The van der Waals surface area contributed by atoms with Gasteiger partial charge in [-0.1, -0.05) is 71.7 Å². The number of aromatic nitrogens is 2. The van der Waals surface area contributed by atoms with Crippen LogP contribution in [0.4, 0.5) is 0 Å². The van der Waals surface area contributed by atoms with Crippen molar-refractivity contribution in [3.63, 3.8) is 0 Å². The Morgan fingerprint density at radius 1 is 0.892 bits per heavy atom. The molecule has 0 fully saturated rings. The topological polar surface area (TPSA) is 118 Å². The van der Waals surface area contributed by atoms with E-state index in [9.17, 15) is 14.7 Å². The van der Waals surface area contributed by atoms with Gasteiger partial charge in [0.1, 0.15) is 5.69 Å². The summed E-state index contributed by atoms with van der Waals surface area (Å²) in [6, 6.07) is 21.1. The second kappa shape index (κ2) is 12.1. The predicted octanol–water partition coefficient (Wildman–Crippen LogP) is 4.37. The number of hydrogen-bond donors (Lipinski definition) is 3. The summed E-state index contributed by atoms with van der Waals surface area (Å²) in [5, 5.41) is 14.9. The summed E-state index contributed by atoms with van der Waals surface area (Å²) in [5.41, 5.74) is 8.75. The van der Waals surface area contributed by atoms with Crippen molar-refractivity contribution >= 4 is 46.0 Å². The molecule has 0 aliphatic rings. The zero-order chi connectivity index (χ0) is 26.4. The van der Waals surface area contributed by atoms with Crippen LogP contribution in [-0.4, -0.2) is 39.0 Å². The minimum Gasteiger partial charge on any atom is -0.391 e. The molecule has 0 aliphatic carbocycles. The van der Waals surface area contributed by atoms with E-state index in [1.807, 2.05) is 48.5 Å². The van der Waals surface area contributed by atoms with E-state index in [0.717, 1.165) is 11.1 Å². The van der Waals surface area contributed by atoms with Gasteiger partial charge < -0.3 is 16.2 Å². The second-order valence-electron chi connectivity index (χ2n) is 8.87. The lowest BCUT2D eigenvalue weighted by Gasteiger charge is -2.27. The van der Waals surface area contributed by atoms with Crippen LogP contribution in [-0.2, 0) is 17.6 Å². The highest BCUT2D eigenvalue weighted by Crippen LogP contribution is 2.25. The van der Waals surface area contributed by atoms with Gasteiger partial charge in [0.15, 0.2) is 0 Å². The lowest BCUT2D eigenvalue weighted by Crippen LogP contribution is -2.46. The Bertz CT molecular complexity index is 1400. The largest absolute Gasteiger partial charge is 0.391 e. The van der Waals surface area contributed by atoms with Crippen molar-refractivity contribution in [3.8, 4) is 0 Å². The average Bonchev–Trinajstić information content (AvgIpc) is 2.90. The molecule has 7 nitrogen and oxygen atoms in total. The summed E-state index contributed by atoms with van der Waals surface area (Å²) in [5.74, 6) is -1.73. The van der Waals surface area contributed by atoms with E-state index in [0.29, 0.717) is 27.5 Å². The molecule has 0 bridgehead atoms. The van der Waals surface area contributed by atoms with Crippen LogP contribution in [0.3, 0.4) is 0 Å². The van der Waals surface area contributed by atoms with Crippen molar-refractivity contribution in [3.05, 3.63) is 106 Å². The Balaban J connectivity index is 1.54. The number of fused-ring (bicyclic) bond motifs is 1. The number of aliphatic hydroxyl groups excluding tert-OH is 1. The number of amides is 2. The van der Waals surface area contributed by atoms with Crippen LogP contribution in [0.2, 0.25) is 10.0 Å². The summed E-state index contributed by atoms with van der Waals surface area (Å²) in [7, 11) is 0. The van der Waals surface area contributed by atoms with Crippen molar-refractivity contribution in [2.45, 2.75) is 31.4 Å². The fraction of sp³-hybridized carbons (Fsp3) is 0.214. The number of primary amides is 1. The smallest absolute Gasteiger partial charge is 0.271 e. The fourth-order valence-electron chi connectivity index (χ4n) is 4.17. The van der Waals surface area contributed by atoms with E-state index < -0.39 is 29.9 Å². The third kappa shape index (κ3) is 7.04. The normalized spacial score (nSPS) is 13.6. The van der Waals surface area contributed by atoms with E-state index in [1.54, 1.807) is 24.3 Å². The van der Waals surface area contributed by atoms with Gasteiger partial charge in [-0.25, -0.2) is 4.98 Å². The van der Waals surface area contributed by atoms with Crippen LogP contribution in [0.5, 0.6) is 0 Å². The van der Waals surface area contributed by atoms with Crippen LogP contribution < -0.4 is 11.1 Å². The lowest BCUT2D eigenvalue weighted by atomic mass is 9.89. The van der Waals surface area contributed by atoms with E-state index in [-0.39, 0.29) is 18.5 Å². The van der Waals surface area contributed by atoms with Crippen LogP contribution in [0.15, 0.2) is 79.0 Å². The Labute approximate surface area is 224 Å². The SMILES string of the molecule is NC(=O)[C@@H](Cc1ccc(Cl)c(Cl)c1)C[C@H](O)[C@H](Cc1ccccc1)NC(=O)c1cnc2ccccc2n1. The van der Waals surface area contributed by atoms with Gasteiger partial charge in [-0.15, -0.1) is 0 Å². The summed E-state index contributed by atoms with van der Waals surface area (Å²) in [6.45, 7) is 0. The van der Waals surface area contributed by atoms with Crippen molar-refractivity contribution in [1.29, 1.82) is 0 Å². The highest BCUT2D eigenvalue weighted by Gasteiger charge is 2.28. The van der Waals surface area contributed by atoms with Crippen LogP contribution >= 0.6 is 23.2 Å². The standard InChI is InChI=1S/C28H26Cl2N4O3/c29-20-11-10-18(13-21(20)30)12-19(27(31)36)15-26(35)24(14-17-6-2-1-3-7-17)34-28(37)25-16-32-22-8-4-5-9-23(22)33-25/h1-11,13,16,19,24,26,35H,12,14-15H2,(H2,31,36)(H,34,37)/t19-,24-,26-/m0/s1. The fourth-order valence-corrected chi connectivity index (χ4v) is 4.49. The molecule has 4 rings (SSSR count). The maximum Gasteiger partial charge on any atom is 0.271 e. The number of rotatable bonds is 10. The molecule has 37 heavy (non-hydrogen) atoms. The molecular weight excluding hydrogens is 511 g/mol. The van der Waals surface area contributed by atoms with Gasteiger partial charge in [0.25, 0.3) is 5.91 Å². The number of carbonyl (C=O) groups is 2. The summed E-state index contributed by atoms with van der Waals surface area (Å²) in [6.07, 6.45) is 0.979. The van der Waals surface area contributed by atoms with Gasteiger partial charge >= 0.3 is 0 Å². The average molecular weight is 537 g/mol. The molecule has 190 valence electrons. The quantitative estimate of drug-likeness (QED) is 0.278. The number of nitrogens with one attached hydrogen (secondary N) is 1. The first-order valence-electron chi connectivity index (χ1n) is 11.8. The molecule has 1 heterocycles. The number of carbonyl (C=O) groups excluding carboxylic acids is 2. The number of aliphatic hydroxyl groups is 1. The molecule has 9 heteroatoms. The number of nitrogens with zero attached hydrogens (tertiary/aromatic N) is 2.